The monoisotopic (exact) mass is 252 g/mol. The molecule has 0 spiro atoms. The lowest BCUT2D eigenvalue weighted by atomic mass is 9.52. The van der Waals surface area contributed by atoms with Crippen molar-refractivity contribution in [3.05, 3.63) is 12.2 Å². The minimum atomic E-state index is -1.02. The molecule has 2 N–H and O–H groups in total. The van der Waals surface area contributed by atoms with Gasteiger partial charge >= 0.3 is 0 Å². The Morgan fingerprint density at radius 1 is 1.44 bits per heavy atom. The second-order valence-corrected chi connectivity index (χ2v) is 6.75. The van der Waals surface area contributed by atoms with Gasteiger partial charge in [0, 0.05) is 23.7 Å². The maximum absolute atomic E-state index is 12.3. The SMILES string of the molecule is C[C@@H]1C=CC[C@@H]2C(=O)C[C@@H](C(C)(C)O)[C@@H](O)[C@@]12C. The Labute approximate surface area is 109 Å². The molecule has 0 aromatic carbocycles. The van der Waals surface area contributed by atoms with Gasteiger partial charge in [0.05, 0.1) is 11.7 Å². The van der Waals surface area contributed by atoms with Crippen molar-refractivity contribution >= 4 is 5.78 Å². The van der Waals surface area contributed by atoms with Gasteiger partial charge in [0.15, 0.2) is 0 Å². The van der Waals surface area contributed by atoms with E-state index >= 15 is 0 Å². The molecule has 18 heavy (non-hydrogen) atoms. The van der Waals surface area contributed by atoms with E-state index < -0.39 is 17.1 Å². The Hall–Kier alpha value is -0.670. The molecule has 2 aliphatic rings. The third kappa shape index (κ3) is 1.84. The number of fused-ring (bicyclic) bond motifs is 1. The van der Waals surface area contributed by atoms with Gasteiger partial charge in [0.2, 0.25) is 0 Å². The van der Waals surface area contributed by atoms with Gasteiger partial charge in [-0.15, -0.1) is 0 Å². The molecule has 2 rings (SSSR count). The molecule has 0 aromatic heterocycles. The van der Waals surface area contributed by atoms with Gasteiger partial charge in [-0.1, -0.05) is 26.0 Å². The molecule has 1 fully saturated rings. The summed E-state index contributed by atoms with van der Waals surface area (Å²) in [6.45, 7) is 7.40. The number of aliphatic hydroxyl groups excluding tert-OH is 1. The maximum Gasteiger partial charge on any atom is 0.137 e. The van der Waals surface area contributed by atoms with Crippen molar-refractivity contribution in [3.63, 3.8) is 0 Å². The standard InChI is InChI=1S/C15H24O3/c1-9-6-5-7-10-12(16)8-11(14(2,3)18)13(17)15(9,10)4/h5-6,9-11,13,17-18H,7-8H2,1-4H3/t9-,10-,11-,13-,15+/m1/s1. The molecule has 0 aliphatic heterocycles. The third-order valence-electron chi connectivity index (χ3n) is 5.26. The van der Waals surface area contributed by atoms with Crippen molar-refractivity contribution < 1.29 is 15.0 Å². The van der Waals surface area contributed by atoms with E-state index in [0.717, 1.165) is 6.42 Å². The lowest BCUT2D eigenvalue weighted by molar-refractivity contribution is -0.171. The quantitative estimate of drug-likeness (QED) is 0.701. The predicted molar refractivity (Wildman–Crippen MR) is 69.9 cm³/mol. The van der Waals surface area contributed by atoms with Crippen LogP contribution in [0.2, 0.25) is 0 Å². The zero-order valence-electron chi connectivity index (χ0n) is 11.7. The van der Waals surface area contributed by atoms with Crippen molar-refractivity contribution in [1.82, 2.24) is 0 Å². The number of carbonyl (C=O) groups excluding carboxylic acids is 1. The van der Waals surface area contributed by atoms with E-state index in [0.29, 0.717) is 0 Å². The highest BCUT2D eigenvalue weighted by atomic mass is 16.3. The molecule has 0 aromatic rings. The molecule has 5 atom stereocenters. The second-order valence-electron chi connectivity index (χ2n) is 6.75. The van der Waals surface area contributed by atoms with E-state index in [2.05, 4.69) is 6.08 Å². The number of aliphatic hydroxyl groups is 2. The first kappa shape index (κ1) is 13.8. The first-order valence-corrected chi connectivity index (χ1v) is 6.78. The summed E-state index contributed by atoms with van der Waals surface area (Å²) >= 11 is 0. The van der Waals surface area contributed by atoms with Crippen LogP contribution in [-0.2, 0) is 4.79 Å². The molecule has 3 nitrogen and oxygen atoms in total. The highest BCUT2D eigenvalue weighted by Gasteiger charge is 2.57. The van der Waals surface area contributed by atoms with Crippen LogP contribution in [0.4, 0.5) is 0 Å². The van der Waals surface area contributed by atoms with Crippen LogP contribution in [0.5, 0.6) is 0 Å². The largest absolute Gasteiger partial charge is 0.392 e. The van der Waals surface area contributed by atoms with Crippen molar-refractivity contribution in [2.24, 2.45) is 23.2 Å². The summed E-state index contributed by atoms with van der Waals surface area (Å²) in [6, 6.07) is 0. The Morgan fingerprint density at radius 3 is 2.61 bits per heavy atom. The third-order valence-corrected chi connectivity index (χ3v) is 5.26. The summed E-state index contributed by atoms with van der Waals surface area (Å²) < 4.78 is 0. The van der Waals surface area contributed by atoms with E-state index in [9.17, 15) is 15.0 Å². The summed E-state index contributed by atoms with van der Waals surface area (Å²) in [7, 11) is 0. The zero-order valence-corrected chi connectivity index (χ0v) is 11.7. The lowest BCUT2D eigenvalue weighted by Gasteiger charge is -2.54. The Balaban J connectivity index is 2.42. The summed E-state index contributed by atoms with van der Waals surface area (Å²) in [4.78, 5) is 12.3. The Bertz CT molecular complexity index is 380. The van der Waals surface area contributed by atoms with Gasteiger partial charge in [-0.2, -0.15) is 0 Å². The van der Waals surface area contributed by atoms with Crippen LogP contribution in [0.3, 0.4) is 0 Å². The number of rotatable bonds is 1. The Morgan fingerprint density at radius 2 is 2.06 bits per heavy atom. The predicted octanol–water partition coefficient (Wildman–Crippen LogP) is 1.93. The fourth-order valence-electron chi connectivity index (χ4n) is 3.69. The van der Waals surface area contributed by atoms with E-state index in [4.69, 9.17) is 0 Å². The van der Waals surface area contributed by atoms with Crippen molar-refractivity contribution in [3.8, 4) is 0 Å². The number of carbonyl (C=O) groups is 1. The van der Waals surface area contributed by atoms with Crippen LogP contribution in [-0.4, -0.2) is 27.7 Å². The molecule has 102 valence electrons. The molecule has 0 saturated heterocycles. The van der Waals surface area contributed by atoms with Crippen LogP contribution in [0, 0.1) is 23.2 Å². The molecule has 1 saturated carbocycles. The fraction of sp³-hybridized carbons (Fsp3) is 0.800. The molecule has 2 aliphatic carbocycles. The second kappa shape index (κ2) is 4.17. The number of hydrogen-bond acceptors (Lipinski definition) is 3. The van der Waals surface area contributed by atoms with Crippen LogP contribution in [0.25, 0.3) is 0 Å². The first-order chi connectivity index (χ1) is 8.19. The topological polar surface area (TPSA) is 57.5 Å². The van der Waals surface area contributed by atoms with Crippen molar-refractivity contribution in [1.29, 1.82) is 0 Å². The molecule has 0 radical (unpaired) electrons. The minimum Gasteiger partial charge on any atom is -0.392 e. The molecule has 3 heteroatoms. The van der Waals surface area contributed by atoms with Gasteiger partial charge in [0.1, 0.15) is 5.78 Å². The van der Waals surface area contributed by atoms with E-state index in [1.807, 2.05) is 19.9 Å². The maximum atomic E-state index is 12.3. The number of hydrogen-bond donors (Lipinski definition) is 2. The van der Waals surface area contributed by atoms with Crippen LogP contribution >= 0.6 is 0 Å². The number of ketones is 1. The van der Waals surface area contributed by atoms with Gasteiger partial charge in [-0.25, -0.2) is 0 Å². The molecule has 0 amide bonds. The van der Waals surface area contributed by atoms with Gasteiger partial charge < -0.3 is 10.2 Å². The number of allylic oxidation sites excluding steroid dienone is 2. The van der Waals surface area contributed by atoms with Crippen LogP contribution in [0.15, 0.2) is 12.2 Å². The van der Waals surface area contributed by atoms with Crippen LogP contribution in [0.1, 0.15) is 40.5 Å². The molecular formula is C15H24O3. The molecular weight excluding hydrogens is 228 g/mol. The zero-order chi connectivity index (χ0) is 13.7. The Kier molecular flexibility index (Phi) is 3.19. The van der Waals surface area contributed by atoms with Gasteiger partial charge in [0.25, 0.3) is 0 Å². The average Bonchev–Trinajstić information content (AvgIpc) is 2.25. The molecule has 0 heterocycles. The highest BCUT2D eigenvalue weighted by Crippen LogP contribution is 2.53. The van der Waals surface area contributed by atoms with Crippen LogP contribution < -0.4 is 0 Å². The average molecular weight is 252 g/mol. The normalized spacial score (nSPS) is 44.9. The van der Waals surface area contributed by atoms with Gasteiger partial charge in [-0.3, -0.25) is 4.79 Å². The van der Waals surface area contributed by atoms with Crippen molar-refractivity contribution in [2.75, 3.05) is 0 Å². The summed E-state index contributed by atoms with van der Waals surface area (Å²) in [5.74, 6) is -0.141. The molecule has 0 unspecified atom stereocenters. The molecule has 0 bridgehead atoms. The summed E-state index contributed by atoms with van der Waals surface area (Å²) in [5, 5.41) is 20.9. The minimum absolute atomic E-state index is 0.105. The first-order valence-electron chi connectivity index (χ1n) is 6.78. The van der Waals surface area contributed by atoms with E-state index in [-0.39, 0.29) is 30.0 Å². The summed E-state index contributed by atoms with van der Waals surface area (Å²) in [5.41, 5.74) is -1.47. The van der Waals surface area contributed by atoms with Gasteiger partial charge in [-0.05, 0) is 26.2 Å². The smallest absolute Gasteiger partial charge is 0.137 e. The summed E-state index contributed by atoms with van der Waals surface area (Å²) in [6.07, 6.45) is 4.49. The fourth-order valence-corrected chi connectivity index (χ4v) is 3.69. The lowest BCUT2D eigenvalue weighted by Crippen LogP contribution is -2.59. The van der Waals surface area contributed by atoms with E-state index in [1.165, 1.54) is 0 Å². The van der Waals surface area contributed by atoms with E-state index in [1.54, 1.807) is 13.8 Å². The number of Topliss-reactive ketones (excluding diaryl/α,β-unsaturated/α-hetero) is 1. The highest BCUT2D eigenvalue weighted by molar-refractivity contribution is 5.84. The van der Waals surface area contributed by atoms with Crippen molar-refractivity contribution in [2.45, 2.75) is 52.2 Å².